The number of halogens is 18. The Morgan fingerprint density at radius 3 is 1.10 bits per heavy atom. The van der Waals surface area contributed by atoms with Crippen LogP contribution < -0.4 is 0 Å². The molecule has 0 rings (SSSR count). The molecule has 0 N–H and O–H groups in total. The van der Waals surface area contributed by atoms with Gasteiger partial charge in [-0.3, -0.25) is 0 Å². The van der Waals surface area contributed by atoms with Gasteiger partial charge in [0.2, 0.25) is 0 Å². The second-order valence-corrected chi connectivity index (χ2v) is 10.1. The maximum atomic E-state index is 13.4. The minimum atomic E-state index is -8.81. The fourth-order valence-electron chi connectivity index (χ4n) is 3.15. The third-order valence-corrected chi connectivity index (χ3v) is 7.32. The molecule has 1 unspecified atom stereocenters. The van der Waals surface area contributed by atoms with E-state index in [0.29, 0.717) is 0 Å². The molecule has 0 heterocycles. The number of quaternary nitrogens is 1. The van der Waals surface area contributed by atoms with Crippen LogP contribution in [-0.2, 0) is 10.1 Å². The van der Waals surface area contributed by atoms with Crippen LogP contribution in [0.2, 0.25) is 0 Å². The fraction of sp³-hybridized carbons (Fsp3) is 1.00. The van der Waals surface area contributed by atoms with Crippen molar-refractivity contribution < 1.29 is 96.5 Å². The molecule has 0 fully saturated rings. The molecule has 23 heteroatoms. The topological polar surface area (TPSA) is 57.2 Å². The van der Waals surface area contributed by atoms with Crippen LogP contribution in [0.15, 0.2) is 0 Å². The van der Waals surface area contributed by atoms with Gasteiger partial charge in [-0.05, 0) is 34.1 Å². The highest BCUT2D eigenvalue weighted by Gasteiger charge is 2.94. The van der Waals surface area contributed by atoms with Gasteiger partial charge < -0.3 is 9.04 Å². The Morgan fingerprint density at radius 1 is 0.571 bits per heavy atom. The van der Waals surface area contributed by atoms with Crippen LogP contribution in [-0.4, -0.2) is 96.8 Å². The van der Waals surface area contributed by atoms with Crippen molar-refractivity contribution >= 4 is 10.1 Å². The molecule has 0 spiro atoms. The first-order valence-electron chi connectivity index (χ1n) is 11.3. The van der Waals surface area contributed by atoms with Crippen LogP contribution in [0.1, 0.15) is 40.5 Å². The highest BCUT2D eigenvalue weighted by Crippen LogP contribution is 2.63. The van der Waals surface area contributed by atoms with Gasteiger partial charge in [-0.25, -0.2) is 12.8 Å². The Morgan fingerprint density at radius 2 is 0.857 bits per heavy atom. The summed E-state index contributed by atoms with van der Waals surface area (Å²) < 4.78 is 265. The molecule has 0 aliphatic heterocycles. The Bertz CT molecular complexity index is 959. The first kappa shape index (κ1) is 42.7. The maximum absolute atomic E-state index is 13.4. The van der Waals surface area contributed by atoms with Gasteiger partial charge in [-0.2, -0.15) is 74.6 Å². The van der Waals surface area contributed by atoms with Crippen molar-refractivity contribution in [3.63, 3.8) is 0 Å². The van der Waals surface area contributed by atoms with Gasteiger partial charge in [-0.1, -0.05) is 0 Å². The van der Waals surface area contributed by atoms with E-state index in [0.717, 1.165) is 0 Å². The summed E-state index contributed by atoms with van der Waals surface area (Å²) in [5.41, 5.74) is 0. The lowest BCUT2D eigenvalue weighted by atomic mass is 9.89. The second-order valence-electron chi connectivity index (χ2n) is 8.69. The number of alkyl halides is 18. The number of rotatable bonds is 14. The third-order valence-electron chi connectivity index (χ3n) is 6.43. The molecule has 0 aliphatic carbocycles. The van der Waals surface area contributed by atoms with Crippen LogP contribution in [0.4, 0.5) is 79.0 Å². The van der Waals surface area contributed by atoms with Crippen molar-refractivity contribution in [2.75, 3.05) is 26.2 Å². The van der Waals surface area contributed by atoms with Crippen molar-refractivity contribution in [1.29, 1.82) is 0 Å². The normalized spacial score (nSPS) is 16.2. The summed E-state index contributed by atoms with van der Waals surface area (Å²) in [6.45, 7) is 14.2. The van der Waals surface area contributed by atoms with Crippen molar-refractivity contribution in [3.8, 4) is 0 Å². The Kier molecular flexibility index (Phi) is 13.1. The van der Waals surface area contributed by atoms with E-state index in [2.05, 4.69) is 27.7 Å². The molecule has 0 bridgehead atoms. The van der Waals surface area contributed by atoms with Crippen molar-refractivity contribution in [1.82, 2.24) is 0 Å². The predicted octanol–water partition coefficient (Wildman–Crippen LogP) is 7.50. The molecule has 0 saturated carbocycles. The molecule has 4 nitrogen and oxygen atoms in total. The van der Waals surface area contributed by atoms with E-state index in [1.165, 1.54) is 30.7 Å². The van der Waals surface area contributed by atoms with Gasteiger partial charge in [0, 0.05) is 6.42 Å². The summed E-state index contributed by atoms with van der Waals surface area (Å²) >= 11 is 0. The molecule has 256 valence electrons. The molecule has 0 amide bonds. The first-order valence-corrected chi connectivity index (χ1v) is 12.7. The van der Waals surface area contributed by atoms with E-state index < -0.39 is 76.1 Å². The van der Waals surface area contributed by atoms with Crippen LogP contribution >= 0.6 is 0 Å². The van der Waals surface area contributed by atoms with Crippen LogP contribution in [0, 0.1) is 0 Å². The zero-order valence-electron chi connectivity index (χ0n) is 21.7. The first-order chi connectivity index (χ1) is 18.1. The van der Waals surface area contributed by atoms with Crippen LogP contribution in [0.3, 0.4) is 0 Å². The van der Waals surface area contributed by atoms with Gasteiger partial charge in [-0.15, -0.1) is 0 Å². The fourth-order valence-corrected chi connectivity index (χ4v) is 3.59. The Labute approximate surface area is 227 Å². The summed E-state index contributed by atoms with van der Waals surface area (Å²) in [5.74, 6) is -50.5. The van der Waals surface area contributed by atoms with Crippen molar-refractivity contribution in [2.24, 2.45) is 0 Å². The van der Waals surface area contributed by atoms with E-state index in [4.69, 9.17) is 0 Å². The third kappa shape index (κ3) is 7.45. The van der Waals surface area contributed by atoms with E-state index in [-0.39, 0.29) is 0 Å². The molecular weight excluding hydrogens is 664 g/mol. The second kappa shape index (κ2) is 12.9. The SMILES string of the molecule is CC[N+](CC)(CC)CC.O=S(=O)([O-])C(F)(F)C(F)(F)C(F)(F)C(F)(F)C(F)(F)C(F)(F)C(F)(F)C(F)CCC(F)(F)F. The molecule has 0 radical (unpaired) electrons. The van der Waals surface area contributed by atoms with Gasteiger partial charge in [0.25, 0.3) is 0 Å². The van der Waals surface area contributed by atoms with E-state index >= 15 is 0 Å². The van der Waals surface area contributed by atoms with E-state index in [9.17, 15) is 92.0 Å². The van der Waals surface area contributed by atoms with Crippen LogP contribution in [0.5, 0.6) is 0 Å². The van der Waals surface area contributed by atoms with Crippen molar-refractivity contribution in [2.45, 2.75) is 93.7 Å². The Balaban J connectivity index is 0. The zero-order valence-corrected chi connectivity index (χ0v) is 22.5. The minimum absolute atomic E-state index is 1.28. The molecule has 1 atom stereocenters. The summed E-state index contributed by atoms with van der Waals surface area (Å²) in [6, 6.07) is 0. The van der Waals surface area contributed by atoms with Gasteiger partial charge in [0.1, 0.15) is 0 Å². The molecule has 0 aromatic carbocycles. The monoisotopic (exact) mass is 689 g/mol. The lowest BCUT2D eigenvalue weighted by Gasteiger charge is -2.43. The van der Waals surface area contributed by atoms with Gasteiger partial charge in [0.15, 0.2) is 16.3 Å². The molecule has 0 aromatic rings. The maximum Gasteiger partial charge on any atom is 0.402 e. The summed E-state index contributed by atoms with van der Waals surface area (Å²) in [6.07, 6.45) is -16.5. The largest absolute Gasteiger partial charge is 0.743 e. The van der Waals surface area contributed by atoms with Gasteiger partial charge >= 0.3 is 47.0 Å². The van der Waals surface area contributed by atoms with Gasteiger partial charge in [0.05, 0.1) is 26.2 Å². The summed E-state index contributed by atoms with van der Waals surface area (Å²) in [5, 5.41) is -7.93. The standard InChI is InChI=1S/C11H6F18O3S.C8H20N/c12-3(1-2-4(13,14)15)5(16,17)6(18,19)7(20,21)8(22,23)9(24,25)10(26,27)11(28,29)33(30,31)32;1-5-9(6-2,7-3)8-4/h3H,1-2H2,(H,30,31,32);5-8H2,1-4H3/q;+1/p-1. The number of hydrogen-bond acceptors (Lipinski definition) is 3. The Hall–Kier alpha value is -1.39. The summed E-state index contributed by atoms with van der Waals surface area (Å²) in [7, 11) is -8.14. The molecular formula is C19H25F18NO3S. The average Bonchev–Trinajstić information content (AvgIpc) is 2.82. The molecule has 0 saturated heterocycles. The molecule has 42 heavy (non-hydrogen) atoms. The minimum Gasteiger partial charge on any atom is -0.743 e. The average molecular weight is 689 g/mol. The van der Waals surface area contributed by atoms with E-state index in [1.807, 2.05) is 0 Å². The predicted molar refractivity (Wildman–Crippen MR) is 107 cm³/mol. The molecule has 0 aliphatic rings. The number of nitrogens with zero attached hydrogens (tertiary/aromatic N) is 1. The lowest BCUT2D eigenvalue weighted by molar-refractivity contribution is -0.921. The highest BCUT2D eigenvalue weighted by molar-refractivity contribution is 7.86. The lowest BCUT2D eigenvalue weighted by Crippen LogP contribution is -2.74. The molecule has 0 aromatic heterocycles. The quantitative estimate of drug-likeness (QED) is 0.108. The highest BCUT2D eigenvalue weighted by atomic mass is 32.2. The van der Waals surface area contributed by atoms with E-state index in [1.54, 1.807) is 0 Å². The summed E-state index contributed by atoms with van der Waals surface area (Å²) in [4.78, 5) is 0. The van der Waals surface area contributed by atoms with Crippen LogP contribution in [0.25, 0.3) is 0 Å². The smallest absolute Gasteiger partial charge is 0.402 e. The van der Waals surface area contributed by atoms with Crippen molar-refractivity contribution in [3.05, 3.63) is 0 Å². The number of hydrogen-bond donors (Lipinski definition) is 0. The zero-order chi connectivity index (χ0) is 34.8.